The van der Waals surface area contributed by atoms with Gasteiger partial charge < -0.3 is 0 Å². The summed E-state index contributed by atoms with van der Waals surface area (Å²) in [6, 6.07) is 5.39. The van der Waals surface area contributed by atoms with Gasteiger partial charge in [0.05, 0.1) is 17.5 Å². The van der Waals surface area contributed by atoms with Crippen LogP contribution in [0.15, 0.2) is 30.4 Å². The lowest BCUT2D eigenvalue weighted by Crippen LogP contribution is -2.38. The molecule has 1 aromatic rings. The van der Waals surface area contributed by atoms with Crippen LogP contribution in [-0.4, -0.2) is 11.8 Å². The first-order valence-electron chi connectivity index (χ1n) is 7.40. The van der Waals surface area contributed by atoms with Crippen LogP contribution < -0.4 is 4.90 Å². The Hall–Kier alpha value is -1.61. The predicted octanol–water partition coefficient (Wildman–Crippen LogP) is 3.35. The molecule has 4 heteroatoms. The largest absolute Gasteiger partial charge is 0.274 e. The molecule has 0 unspecified atom stereocenters. The van der Waals surface area contributed by atoms with Crippen molar-refractivity contribution in [3.63, 3.8) is 0 Å². The normalized spacial score (nSPS) is 33.7. The van der Waals surface area contributed by atoms with Crippen molar-refractivity contribution in [2.24, 2.45) is 23.7 Å². The Bertz CT molecular complexity index is 649. The molecule has 1 aromatic carbocycles. The van der Waals surface area contributed by atoms with Gasteiger partial charge in [0.1, 0.15) is 0 Å². The minimum atomic E-state index is -0.165. The number of anilines is 1. The molecule has 2 amide bonds. The van der Waals surface area contributed by atoms with E-state index in [0.717, 1.165) is 18.4 Å². The Morgan fingerprint density at radius 1 is 1.05 bits per heavy atom. The summed E-state index contributed by atoms with van der Waals surface area (Å²) in [5, 5.41) is 0.587. The van der Waals surface area contributed by atoms with Crippen LogP contribution in [-0.2, 0) is 9.59 Å². The SMILES string of the molecule is Cc1ccc(N2C(=O)[C@@H]3[C@H](C2=O)[C@@H]2C=C[C@H]3CC2)cc1Cl. The van der Waals surface area contributed by atoms with Crippen molar-refractivity contribution in [3.05, 3.63) is 40.9 Å². The summed E-state index contributed by atoms with van der Waals surface area (Å²) in [4.78, 5) is 26.9. The van der Waals surface area contributed by atoms with Gasteiger partial charge in [0, 0.05) is 5.02 Å². The highest BCUT2D eigenvalue weighted by Crippen LogP contribution is 2.50. The lowest BCUT2D eigenvalue weighted by Gasteiger charge is -2.38. The number of imide groups is 1. The highest BCUT2D eigenvalue weighted by atomic mass is 35.5. The van der Waals surface area contributed by atoms with Gasteiger partial charge in [-0.05, 0) is 49.3 Å². The molecule has 2 bridgehead atoms. The lowest BCUT2D eigenvalue weighted by molar-refractivity contribution is -0.124. The second kappa shape index (κ2) is 4.44. The van der Waals surface area contributed by atoms with E-state index in [9.17, 15) is 9.59 Å². The quantitative estimate of drug-likeness (QED) is 0.589. The van der Waals surface area contributed by atoms with Crippen LogP contribution >= 0.6 is 11.6 Å². The molecule has 2 fully saturated rings. The van der Waals surface area contributed by atoms with Crippen LogP contribution in [0.1, 0.15) is 18.4 Å². The number of nitrogens with zero attached hydrogens (tertiary/aromatic N) is 1. The number of aryl methyl sites for hydroxylation is 1. The van der Waals surface area contributed by atoms with Gasteiger partial charge in [0.25, 0.3) is 0 Å². The number of carbonyl (C=O) groups is 2. The molecular formula is C17H16ClNO2. The van der Waals surface area contributed by atoms with Crippen molar-refractivity contribution in [1.29, 1.82) is 0 Å². The van der Waals surface area contributed by atoms with E-state index in [2.05, 4.69) is 12.2 Å². The van der Waals surface area contributed by atoms with E-state index in [-0.39, 0.29) is 35.5 Å². The molecule has 1 saturated carbocycles. The zero-order valence-electron chi connectivity index (χ0n) is 11.8. The molecule has 1 aliphatic heterocycles. The van der Waals surface area contributed by atoms with Crippen LogP contribution in [0.25, 0.3) is 0 Å². The van der Waals surface area contributed by atoms with Crippen molar-refractivity contribution in [3.8, 4) is 0 Å². The summed E-state index contributed by atoms with van der Waals surface area (Å²) in [5.41, 5.74) is 1.55. The van der Waals surface area contributed by atoms with Crippen LogP contribution in [0.2, 0.25) is 5.02 Å². The Balaban J connectivity index is 1.76. The predicted molar refractivity (Wildman–Crippen MR) is 81.0 cm³/mol. The van der Waals surface area contributed by atoms with Crippen molar-refractivity contribution in [1.82, 2.24) is 0 Å². The summed E-state index contributed by atoms with van der Waals surface area (Å²) in [5.74, 6) is 0.0142. The summed E-state index contributed by atoms with van der Waals surface area (Å²) in [6.45, 7) is 1.91. The molecule has 3 aliphatic carbocycles. The van der Waals surface area contributed by atoms with Crippen LogP contribution in [0.4, 0.5) is 5.69 Å². The number of fused-ring (bicyclic) bond motifs is 1. The summed E-state index contributed by atoms with van der Waals surface area (Å²) >= 11 is 6.15. The van der Waals surface area contributed by atoms with E-state index in [1.54, 1.807) is 6.07 Å². The maximum Gasteiger partial charge on any atom is 0.238 e. The van der Waals surface area contributed by atoms with E-state index in [1.165, 1.54) is 4.90 Å². The standard InChI is InChI=1S/C17H16ClNO2/c1-9-2-7-12(8-13(9)18)19-16(20)14-10-3-4-11(6-5-10)15(14)17(19)21/h2-4,7-8,10-11,14-15H,5-6H2,1H3/t10-,11+,14-,15+. The highest BCUT2D eigenvalue weighted by Gasteiger charge is 2.56. The highest BCUT2D eigenvalue weighted by molar-refractivity contribution is 6.32. The Labute approximate surface area is 128 Å². The number of halogens is 1. The number of rotatable bonds is 1. The van der Waals surface area contributed by atoms with Gasteiger partial charge in [-0.2, -0.15) is 0 Å². The minimum Gasteiger partial charge on any atom is -0.274 e. The van der Waals surface area contributed by atoms with Gasteiger partial charge in [-0.1, -0.05) is 29.8 Å². The zero-order valence-corrected chi connectivity index (χ0v) is 12.5. The smallest absolute Gasteiger partial charge is 0.238 e. The number of allylic oxidation sites excluding steroid dienone is 2. The molecule has 0 aromatic heterocycles. The average molecular weight is 302 g/mol. The zero-order chi connectivity index (χ0) is 14.7. The first-order chi connectivity index (χ1) is 10.1. The summed E-state index contributed by atoms with van der Waals surface area (Å²) in [6.07, 6.45) is 6.30. The van der Waals surface area contributed by atoms with E-state index < -0.39 is 0 Å². The van der Waals surface area contributed by atoms with E-state index in [4.69, 9.17) is 11.6 Å². The Kier molecular flexibility index (Phi) is 2.77. The lowest BCUT2D eigenvalue weighted by atomic mass is 9.63. The molecule has 4 aliphatic rings. The number of carbonyl (C=O) groups excluding carboxylic acids is 2. The van der Waals surface area contributed by atoms with Crippen molar-refractivity contribution in [2.75, 3.05) is 4.90 Å². The number of hydrogen-bond donors (Lipinski definition) is 0. The van der Waals surface area contributed by atoms with E-state index in [0.29, 0.717) is 10.7 Å². The number of benzene rings is 1. The molecule has 1 heterocycles. The molecule has 0 N–H and O–H groups in total. The van der Waals surface area contributed by atoms with Gasteiger partial charge in [-0.15, -0.1) is 0 Å². The topological polar surface area (TPSA) is 37.4 Å². The van der Waals surface area contributed by atoms with Gasteiger partial charge in [0.2, 0.25) is 11.8 Å². The van der Waals surface area contributed by atoms with Crippen LogP contribution in [0, 0.1) is 30.6 Å². The molecule has 1 saturated heterocycles. The maximum absolute atomic E-state index is 12.8. The second-order valence-corrected chi connectivity index (χ2v) is 6.69. The third-order valence-electron chi connectivity index (χ3n) is 5.17. The summed E-state index contributed by atoms with van der Waals surface area (Å²) in [7, 11) is 0. The fourth-order valence-electron chi connectivity index (χ4n) is 4.05. The van der Waals surface area contributed by atoms with Gasteiger partial charge in [-0.25, -0.2) is 4.90 Å². The fraction of sp³-hybridized carbons (Fsp3) is 0.412. The molecule has 0 spiro atoms. The van der Waals surface area contributed by atoms with Crippen LogP contribution in [0.5, 0.6) is 0 Å². The van der Waals surface area contributed by atoms with Gasteiger partial charge in [-0.3, -0.25) is 9.59 Å². The second-order valence-electron chi connectivity index (χ2n) is 6.29. The molecule has 3 nitrogen and oxygen atoms in total. The Morgan fingerprint density at radius 2 is 1.62 bits per heavy atom. The monoisotopic (exact) mass is 301 g/mol. The number of amides is 2. The Morgan fingerprint density at radius 3 is 2.10 bits per heavy atom. The first kappa shape index (κ1) is 13.1. The third-order valence-corrected chi connectivity index (χ3v) is 5.58. The van der Waals surface area contributed by atoms with Gasteiger partial charge in [0.15, 0.2) is 0 Å². The van der Waals surface area contributed by atoms with Gasteiger partial charge >= 0.3 is 0 Å². The fourth-order valence-corrected chi connectivity index (χ4v) is 4.22. The third kappa shape index (κ3) is 1.73. The molecule has 108 valence electrons. The van der Waals surface area contributed by atoms with Crippen molar-refractivity contribution in [2.45, 2.75) is 19.8 Å². The van der Waals surface area contributed by atoms with E-state index in [1.807, 2.05) is 19.1 Å². The van der Waals surface area contributed by atoms with Crippen molar-refractivity contribution >= 4 is 29.1 Å². The number of hydrogen-bond acceptors (Lipinski definition) is 2. The summed E-state index contributed by atoms with van der Waals surface area (Å²) < 4.78 is 0. The average Bonchev–Trinajstić information content (AvgIpc) is 2.78. The van der Waals surface area contributed by atoms with E-state index >= 15 is 0 Å². The molecule has 5 rings (SSSR count). The molecular weight excluding hydrogens is 286 g/mol. The first-order valence-corrected chi connectivity index (χ1v) is 7.78. The van der Waals surface area contributed by atoms with Crippen LogP contribution in [0.3, 0.4) is 0 Å². The van der Waals surface area contributed by atoms with Crippen molar-refractivity contribution < 1.29 is 9.59 Å². The minimum absolute atomic E-state index is 0.0519. The molecule has 21 heavy (non-hydrogen) atoms. The molecule has 4 atom stereocenters. The molecule has 0 radical (unpaired) electrons. The maximum atomic E-state index is 12.8.